The molecule has 0 aliphatic heterocycles. The number of hydrogen-bond donors (Lipinski definition) is 1. The van der Waals surface area contributed by atoms with Crippen molar-refractivity contribution in [1.29, 1.82) is 0 Å². The van der Waals surface area contributed by atoms with Crippen molar-refractivity contribution in [2.75, 3.05) is 6.54 Å². The molecule has 3 N–H and O–H groups in total. The van der Waals surface area contributed by atoms with Crippen molar-refractivity contribution in [3.8, 4) is 0 Å². The number of hydrogen-bond acceptors (Lipinski definition) is 2. The maximum atomic E-state index is 10.0. The molecule has 0 saturated carbocycles. The molecule has 0 unspecified atom stereocenters. The zero-order chi connectivity index (χ0) is 13.1. The molecule has 0 aromatic heterocycles. The molecule has 94 valence electrons. The number of halogens is 1. The van der Waals surface area contributed by atoms with E-state index in [0.29, 0.717) is 0 Å². The number of carbonyl (C=O) groups excluding carboxylic acids is 1. The highest BCUT2D eigenvalue weighted by Crippen LogP contribution is 2.12. The lowest BCUT2D eigenvalue weighted by Gasteiger charge is -1.94. The summed E-state index contributed by atoms with van der Waals surface area (Å²) in [5.41, 5.74) is 4.50. The Morgan fingerprint density at radius 3 is 2.65 bits per heavy atom. The van der Waals surface area contributed by atoms with Crippen molar-refractivity contribution < 1.29 is 15.6 Å². The van der Waals surface area contributed by atoms with Gasteiger partial charge in [0.15, 0.2) is 0 Å². The minimum atomic E-state index is -1.19. The molecule has 1 aromatic rings. The van der Waals surface area contributed by atoms with Crippen molar-refractivity contribution in [1.82, 2.24) is 0 Å². The first-order valence-electron chi connectivity index (χ1n) is 5.54. The molecule has 0 saturated heterocycles. The SMILES string of the molecule is CCCC[NH3+].O=C([O-])/C=C/c1cccc(Br)c1. The molecule has 1 rings (SSSR count). The molecule has 0 aliphatic carbocycles. The van der Waals surface area contributed by atoms with Gasteiger partial charge in [-0.15, -0.1) is 0 Å². The van der Waals surface area contributed by atoms with Crippen molar-refractivity contribution in [3.05, 3.63) is 40.4 Å². The Bertz CT molecular complexity index is 362. The van der Waals surface area contributed by atoms with Crippen molar-refractivity contribution in [2.45, 2.75) is 19.8 Å². The molecule has 3 nitrogen and oxygen atoms in total. The third-order valence-corrected chi connectivity index (χ3v) is 2.36. The number of carboxylic acids is 1. The van der Waals surface area contributed by atoms with Crippen LogP contribution in [-0.4, -0.2) is 12.5 Å². The maximum absolute atomic E-state index is 10.0. The number of rotatable bonds is 4. The lowest BCUT2D eigenvalue weighted by Crippen LogP contribution is -2.49. The molecular formula is C13H18BrNO2. The van der Waals surface area contributed by atoms with Crippen molar-refractivity contribution in [2.24, 2.45) is 0 Å². The topological polar surface area (TPSA) is 67.8 Å². The minimum absolute atomic E-state index is 0.827. The standard InChI is InChI=1S/C9H7BrO2.C4H11N/c10-8-3-1-2-7(6-8)4-5-9(11)12;1-2-3-4-5/h1-6H,(H,11,12);2-5H2,1H3/b5-4+;. The Hall–Kier alpha value is -1.13. The maximum Gasteiger partial charge on any atom is 0.0739 e. The van der Waals surface area contributed by atoms with Gasteiger partial charge in [0.05, 0.1) is 12.5 Å². The van der Waals surface area contributed by atoms with E-state index in [0.717, 1.165) is 22.7 Å². The Morgan fingerprint density at radius 2 is 2.24 bits per heavy atom. The summed E-state index contributed by atoms with van der Waals surface area (Å²) in [5, 5.41) is 10.0. The highest BCUT2D eigenvalue weighted by Gasteiger charge is 1.87. The predicted octanol–water partition coefficient (Wildman–Crippen LogP) is 1.24. The fourth-order valence-electron chi connectivity index (χ4n) is 1.02. The Labute approximate surface area is 110 Å². The van der Waals surface area contributed by atoms with E-state index in [-0.39, 0.29) is 0 Å². The molecule has 0 atom stereocenters. The number of carboxylic acid groups (broad SMARTS) is 1. The summed E-state index contributed by atoms with van der Waals surface area (Å²) in [6.07, 6.45) is 5.05. The lowest BCUT2D eigenvalue weighted by atomic mass is 10.2. The molecule has 0 fully saturated rings. The van der Waals surface area contributed by atoms with E-state index in [2.05, 4.69) is 28.6 Å². The average molecular weight is 300 g/mol. The molecule has 0 spiro atoms. The molecule has 0 radical (unpaired) electrons. The molecule has 0 amide bonds. The summed E-state index contributed by atoms with van der Waals surface area (Å²) in [6, 6.07) is 7.33. The largest absolute Gasteiger partial charge is 0.545 e. The van der Waals surface area contributed by atoms with Gasteiger partial charge in [0.2, 0.25) is 0 Å². The predicted molar refractivity (Wildman–Crippen MR) is 70.8 cm³/mol. The number of quaternary nitrogens is 1. The summed E-state index contributed by atoms with van der Waals surface area (Å²) < 4.78 is 0.919. The van der Waals surface area contributed by atoms with E-state index in [1.54, 1.807) is 0 Å². The Balaban J connectivity index is 0.000000437. The van der Waals surface area contributed by atoms with Gasteiger partial charge >= 0.3 is 0 Å². The van der Waals surface area contributed by atoms with Gasteiger partial charge in [-0.2, -0.15) is 0 Å². The first-order valence-corrected chi connectivity index (χ1v) is 6.33. The van der Waals surface area contributed by atoms with Crippen LogP contribution in [0.2, 0.25) is 0 Å². The fraction of sp³-hybridized carbons (Fsp3) is 0.308. The summed E-state index contributed by atoms with van der Waals surface area (Å²) in [7, 11) is 0. The van der Waals surface area contributed by atoms with Crippen LogP contribution in [0.1, 0.15) is 25.3 Å². The van der Waals surface area contributed by atoms with Gasteiger partial charge in [0.1, 0.15) is 0 Å². The summed E-state index contributed by atoms with van der Waals surface area (Å²) in [5.74, 6) is -1.19. The lowest BCUT2D eigenvalue weighted by molar-refractivity contribution is -0.368. The Morgan fingerprint density at radius 1 is 1.53 bits per heavy atom. The monoisotopic (exact) mass is 299 g/mol. The van der Waals surface area contributed by atoms with Crippen LogP contribution in [0.4, 0.5) is 0 Å². The van der Waals surface area contributed by atoms with Crippen LogP contribution < -0.4 is 10.8 Å². The van der Waals surface area contributed by atoms with Crippen LogP contribution in [-0.2, 0) is 4.79 Å². The normalized spacial score (nSPS) is 9.82. The molecule has 0 bridgehead atoms. The van der Waals surface area contributed by atoms with Crippen LogP contribution in [0.3, 0.4) is 0 Å². The fourth-order valence-corrected chi connectivity index (χ4v) is 1.44. The third-order valence-electron chi connectivity index (χ3n) is 1.86. The van der Waals surface area contributed by atoms with E-state index < -0.39 is 5.97 Å². The van der Waals surface area contributed by atoms with E-state index in [1.165, 1.54) is 18.9 Å². The average Bonchev–Trinajstić information content (AvgIpc) is 2.28. The first-order chi connectivity index (χ1) is 8.10. The summed E-state index contributed by atoms with van der Waals surface area (Å²) >= 11 is 3.27. The molecular weight excluding hydrogens is 282 g/mol. The van der Waals surface area contributed by atoms with Gasteiger partial charge in [-0.05, 0) is 30.2 Å². The number of aliphatic carboxylic acids is 1. The summed E-state index contributed by atoms with van der Waals surface area (Å²) in [4.78, 5) is 10.0. The van der Waals surface area contributed by atoms with E-state index in [9.17, 15) is 9.90 Å². The second-order valence-corrected chi connectivity index (χ2v) is 4.33. The van der Waals surface area contributed by atoms with Gasteiger partial charge in [0.25, 0.3) is 0 Å². The van der Waals surface area contributed by atoms with E-state index in [4.69, 9.17) is 0 Å². The molecule has 17 heavy (non-hydrogen) atoms. The van der Waals surface area contributed by atoms with Crippen LogP contribution in [0.25, 0.3) is 6.08 Å². The second kappa shape index (κ2) is 10.1. The zero-order valence-corrected chi connectivity index (χ0v) is 11.6. The van der Waals surface area contributed by atoms with Crippen molar-refractivity contribution in [3.63, 3.8) is 0 Å². The Kier molecular flexibility index (Phi) is 9.38. The number of unbranched alkanes of at least 4 members (excludes halogenated alkanes) is 1. The first kappa shape index (κ1) is 15.9. The van der Waals surface area contributed by atoms with Gasteiger partial charge < -0.3 is 15.6 Å². The summed E-state index contributed by atoms with van der Waals surface area (Å²) in [6.45, 7) is 3.27. The van der Waals surface area contributed by atoms with Crippen LogP contribution in [0, 0.1) is 0 Å². The van der Waals surface area contributed by atoms with Crippen LogP contribution >= 0.6 is 15.9 Å². The van der Waals surface area contributed by atoms with Gasteiger partial charge in [0, 0.05) is 4.47 Å². The molecule has 0 heterocycles. The quantitative estimate of drug-likeness (QED) is 0.850. The molecule has 1 aromatic carbocycles. The number of carbonyl (C=O) groups is 1. The molecule has 0 aliphatic rings. The van der Waals surface area contributed by atoms with E-state index in [1.807, 2.05) is 24.3 Å². The minimum Gasteiger partial charge on any atom is -0.545 e. The van der Waals surface area contributed by atoms with Gasteiger partial charge in [-0.1, -0.05) is 47.5 Å². The van der Waals surface area contributed by atoms with Gasteiger partial charge in [-0.25, -0.2) is 0 Å². The second-order valence-electron chi connectivity index (χ2n) is 3.41. The van der Waals surface area contributed by atoms with E-state index >= 15 is 0 Å². The van der Waals surface area contributed by atoms with Crippen molar-refractivity contribution >= 4 is 28.0 Å². The highest BCUT2D eigenvalue weighted by atomic mass is 79.9. The van der Waals surface area contributed by atoms with Crippen LogP contribution in [0.5, 0.6) is 0 Å². The number of benzene rings is 1. The van der Waals surface area contributed by atoms with Gasteiger partial charge in [-0.3, -0.25) is 0 Å². The smallest absolute Gasteiger partial charge is 0.0739 e. The zero-order valence-electron chi connectivity index (χ0n) is 9.99. The van der Waals surface area contributed by atoms with Crippen LogP contribution in [0.15, 0.2) is 34.8 Å². The molecule has 4 heteroatoms. The highest BCUT2D eigenvalue weighted by molar-refractivity contribution is 9.10. The third kappa shape index (κ3) is 9.78.